The van der Waals surface area contributed by atoms with Gasteiger partial charge in [0.15, 0.2) is 11.6 Å². The van der Waals surface area contributed by atoms with E-state index < -0.39 is 11.6 Å². The molecular formula is C15H13BrClF2NO. The first-order valence-corrected chi connectivity index (χ1v) is 7.41. The zero-order valence-corrected chi connectivity index (χ0v) is 13.5. The van der Waals surface area contributed by atoms with E-state index in [1.807, 2.05) is 6.92 Å². The maximum atomic E-state index is 13.8. The van der Waals surface area contributed by atoms with Gasteiger partial charge in [-0.15, -0.1) is 0 Å². The van der Waals surface area contributed by atoms with Crippen molar-refractivity contribution in [2.45, 2.75) is 19.4 Å². The second kappa shape index (κ2) is 6.73. The molecule has 0 aliphatic heterocycles. The molecule has 0 spiro atoms. The standard InChI is InChI=1S/C15H13BrClF2NO/c1-8(20)5-9-3-2-4-11(17)15(9)21-13-7-10(16)6-12(18)14(13)19/h2-4,6-8H,5,20H2,1H3. The maximum absolute atomic E-state index is 13.8. The van der Waals surface area contributed by atoms with Gasteiger partial charge in [-0.05, 0) is 37.1 Å². The van der Waals surface area contributed by atoms with Crippen molar-refractivity contribution in [2.75, 3.05) is 0 Å². The summed E-state index contributed by atoms with van der Waals surface area (Å²) in [4.78, 5) is 0. The summed E-state index contributed by atoms with van der Waals surface area (Å²) in [6.07, 6.45) is 0.508. The van der Waals surface area contributed by atoms with Crippen LogP contribution in [0.4, 0.5) is 8.78 Å². The molecule has 0 bridgehead atoms. The molecule has 0 saturated carbocycles. The number of hydrogen-bond donors (Lipinski definition) is 1. The third kappa shape index (κ3) is 3.93. The van der Waals surface area contributed by atoms with Gasteiger partial charge in [0.25, 0.3) is 0 Å². The lowest BCUT2D eigenvalue weighted by Crippen LogP contribution is -2.18. The van der Waals surface area contributed by atoms with E-state index in [2.05, 4.69) is 15.9 Å². The number of nitrogens with two attached hydrogens (primary N) is 1. The minimum absolute atomic E-state index is 0.116. The van der Waals surface area contributed by atoms with Crippen molar-refractivity contribution in [2.24, 2.45) is 5.73 Å². The van der Waals surface area contributed by atoms with Crippen molar-refractivity contribution < 1.29 is 13.5 Å². The minimum Gasteiger partial charge on any atom is -0.452 e. The van der Waals surface area contributed by atoms with Crippen LogP contribution in [0.5, 0.6) is 11.5 Å². The van der Waals surface area contributed by atoms with E-state index in [9.17, 15) is 8.78 Å². The van der Waals surface area contributed by atoms with Gasteiger partial charge in [-0.25, -0.2) is 4.39 Å². The molecule has 1 unspecified atom stereocenters. The molecule has 6 heteroatoms. The largest absolute Gasteiger partial charge is 0.452 e. The highest BCUT2D eigenvalue weighted by molar-refractivity contribution is 9.10. The molecule has 21 heavy (non-hydrogen) atoms. The smallest absolute Gasteiger partial charge is 0.201 e. The monoisotopic (exact) mass is 375 g/mol. The first kappa shape index (κ1) is 16.2. The molecule has 0 amide bonds. The molecule has 0 aromatic heterocycles. The average molecular weight is 377 g/mol. The van der Waals surface area contributed by atoms with Crippen LogP contribution >= 0.6 is 27.5 Å². The van der Waals surface area contributed by atoms with Gasteiger partial charge in [0.05, 0.1) is 5.02 Å². The Morgan fingerprint density at radius 1 is 1.33 bits per heavy atom. The predicted molar refractivity (Wildman–Crippen MR) is 82.9 cm³/mol. The summed E-state index contributed by atoms with van der Waals surface area (Å²) < 4.78 is 33.1. The second-order valence-electron chi connectivity index (χ2n) is 4.71. The molecule has 2 N–H and O–H groups in total. The Kier molecular flexibility index (Phi) is 5.19. The van der Waals surface area contributed by atoms with Crippen molar-refractivity contribution in [1.82, 2.24) is 0 Å². The van der Waals surface area contributed by atoms with Gasteiger partial charge >= 0.3 is 0 Å². The Balaban J connectivity index is 2.44. The van der Waals surface area contributed by atoms with Crippen LogP contribution in [0.25, 0.3) is 0 Å². The molecule has 2 aromatic carbocycles. The summed E-state index contributed by atoms with van der Waals surface area (Å²) in [6.45, 7) is 1.84. The Morgan fingerprint density at radius 3 is 2.71 bits per heavy atom. The fourth-order valence-corrected chi connectivity index (χ4v) is 2.53. The first-order chi connectivity index (χ1) is 9.88. The highest BCUT2D eigenvalue weighted by Gasteiger charge is 2.16. The molecule has 112 valence electrons. The molecule has 0 fully saturated rings. The zero-order chi connectivity index (χ0) is 15.6. The van der Waals surface area contributed by atoms with E-state index in [0.717, 1.165) is 11.6 Å². The maximum Gasteiger partial charge on any atom is 0.201 e. The molecule has 0 aliphatic rings. The third-order valence-corrected chi connectivity index (χ3v) is 3.52. The van der Waals surface area contributed by atoms with E-state index in [-0.39, 0.29) is 17.5 Å². The minimum atomic E-state index is -1.06. The first-order valence-electron chi connectivity index (χ1n) is 6.24. The molecule has 1 atom stereocenters. The molecular weight excluding hydrogens is 364 g/mol. The highest BCUT2D eigenvalue weighted by atomic mass is 79.9. The number of halogens is 4. The zero-order valence-electron chi connectivity index (χ0n) is 11.2. The van der Waals surface area contributed by atoms with Gasteiger partial charge < -0.3 is 10.5 Å². The number of hydrogen-bond acceptors (Lipinski definition) is 2. The average Bonchev–Trinajstić information content (AvgIpc) is 2.38. The third-order valence-electron chi connectivity index (χ3n) is 2.76. The van der Waals surface area contributed by atoms with E-state index in [4.69, 9.17) is 22.1 Å². The molecule has 2 nitrogen and oxygen atoms in total. The summed E-state index contributed by atoms with van der Waals surface area (Å²) in [5.74, 6) is -2.01. The van der Waals surface area contributed by atoms with E-state index in [1.165, 1.54) is 6.07 Å². The van der Waals surface area contributed by atoms with Crippen LogP contribution in [0.1, 0.15) is 12.5 Å². The summed E-state index contributed by atoms with van der Waals surface area (Å²) in [5.41, 5.74) is 6.51. The lowest BCUT2D eigenvalue weighted by molar-refractivity contribution is 0.411. The predicted octanol–water partition coefficient (Wildman–Crippen LogP) is 5.06. The summed E-state index contributed by atoms with van der Waals surface area (Å²) in [5, 5.41) is 0.313. The van der Waals surface area contributed by atoms with Crippen molar-refractivity contribution in [1.29, 1.82) is 0 Å². The van der Waals surface area contributed by atoms with Crippen LogP contribution in [0.3, 0.4) is 0 Å². The molecule has 2 rings (SSSR count). The Morgan fingerprint density at radius 2 is 2.05 bits per heavy atom. The summed E-state index contributed by atoms with van der Waals surface area (Å²) >= 11 is 9.20. The van der Waals surface area contributed by atoms with Crippen LogP contribution in [-0.2, 0) is 6.42 Å². The summed E-state index contributed by atoms with van der Waals surface area (Å²) in [6, 6.07) is 7.42. The van der Waals surface area contributed by atoms with Gasteiger partial charge in [-0.1, -0.05) is 39.7 Å². The van der Waals surface area contributed by atoms with E-state index in [1.54, 1.807) is 18.2 Å². The number of ether oxygens (including phenoxy) is 1. The molecule has 2 aromatic rings. The Bertz CT molecular complexity index is 664. The molecule has 0 aliphatic carbocycles. The van der Waals surface area contributed by atoms with Crippen molar-refractivity contribution in [3.63, 3.8) is 0 Å². The molecule has 0 heterocycles. The van der Waals surface area contributed by atoms with Gasteiger partial charge in [0.1, 0.15) is 5.75 Å². The van der Waals surface area contributed by atoms with Crippen molar-refractivity contribution >= 4 is 27.5 Å². The van der Waals surface area contributed by atoms with Crippen LogP contribution in [0, 0.1) is 11.6 Å². The normalized spacial score (nSPS) is 12.3. The van der Waals surface area contributed by atoms with Crippen LogP contribution in [0.15, 0.2) is 34.8 Å². The number of rotatable bonds is 4. The topological polar surface area (TPSA) is 35.2 Å². The lowest BCUT2D eigenvalue weighted by Gasteiger charge is -2.15. The van der Waals surface area contributed by atoms with Crippen molar-refractivity contribution in [3.05, 3.63) is 57.0 Å². The Hall–Kier alpha value is -1.17. The Labute approximate surface area is 135 Å². The SMILES string of the molecule is CC(N)Cc1cccc(Cl)c1Oc1cc(Br)cc(F)c1F. The van der Waals surface area contributed by atoms with Crippen LogP contribution < -0.4 is 10.5 Å². The molecule has 0 radical (unpaired) electrons. The fraction of sp³-hybridized carbons (Fsp3) is 0.200. The van der Waals surface area contributed by atoms with Gasteiger partial charge in [0.2, 0.25) is 5.82 Å². The number of benzene rings is 2. The van der Waals surface area contributed by atoms with Crippen LogP contribution in [0.2, 0.25) is 5.02 Å². The summed E-state index contributed by atoms with van der Waals surface area (Å²) in [7, 11) is 0. The van der Waals surface area contributed by atoms with Crippen LogP contribution in [-0.4, -0.2) is 6.04 Å². The van der Waals surface area contributed by atoms with Crippen molar-refractivity contribution in [3.8, 4) is 11.5 Å². The van der Waals surface area contributed by atoms with E-state index in [0.29, 0.717) is 15.9 Å². The highest BCUT2D eigenvalue weighted by Crippen LogP contribution is 2.36. The number of para-hydroxylation sites is 1. The van der Waals surface area contributed by atoms with Gasteiger partial charge in [0, 0.05) is 10.5 Å². The quantitative estimate of drug-likeness (QED) is 0.757. The molecule has 0 saturated heterocycles. The fourth-order valence-electron chi connectivity index (χ4n) is 1.89. The lowest BCUT2D eigenvalue weighted by atomic mass is 10.1. The van der Waals surface area contributed by atoms with Gasteiger partial charge in [-0.2, -0.15) is 4.39 Å². The van der Waals surface area contributed by atoms with Gasteiger partial charge in [-0.3, -0.25) is 0 Å². The van der Waals surface area contributed by atoms with E-state index >= 15 is 0 Å². The second-order valence-corrected chi connectivity index (χ2v) is 6.03.